The predicted octanol–water partition coefficient (Wildman–Crippen LogP) is 1.96. The van der Waals surface area contributed by atoms with E-state index in [2.05, 4.69) is 27.4 Å². The fourth-order valence-electron chi connectivity index (χ4n) is 3.35. The fourth-order valence-corrected chi connectivity index (χ4v) is 3.35. The van der Waals surface area contributed by atoms with Crippen LogP contribution in [0.3, 0.4) is 0 Å². The maximum absolute atomic E-state index is 12.6. The van der Waals surface area contributed by atoms with Gasteiger partial charge in [0.05, 0.1) is 12.7 Å². The molecule has 122 valence electrons. The summed E-state index contributed by atoms with van der Waals surface area (Å²) in [5, 5.41) is 13.5. The molecule has 3 N–H and O–H groups in total. The third-order valence-electron chi connectivity index (χ3n) is 4.34. The monoisotopic (exact) mass is 322 g/mol. The number of nitrogens with zero attached hydrogens (tertiary/aromatic N) is 1. The lowest BCUT2D eigenvalue weighted by Crippen LogP contribution is -2.39. The van der Waals surface area contributed by atoms with E-state index >= 15 is 0 Å². The lowest BCUT2D eigenvalue weighted by atomic mass is 9.79. The molecule has 2 aromatic rings. The number of ketones is 1. The van der Waals surface area contributed by atoms with Crippen LogP contribution in [0.5, 0.6) is 5.75 Å². The van der Waals surface area contributed by atoms with Crippen LogP contribution in [-0.4, -0.2) is 35.7 Å². The first kappa shape index (κ1) is 14.7. The topological polar surface area (TPSA) is 79.0 Å². The number of nitrogens with one attached hydrogen (secondary N) is 3. The lowest BCUT2D eigenvalue weighted by molar-refractivity contribution is -0.115. The third kappa shape index (κ3) is 2.32. The first-order chi connectivity index (χ1) is 11.8. The lowest BCUT2D eigenvalue weighted by Gasteiger charge is -2.32. The maximum Gasteiger partial charge on any atom is 0.175 e. The molecule has 0 fully saturated rings. The van der Waals surface area contributed by atoms with Gasteiger partial charge in [-0.2, -0.15) is 5.10 Å². The molecule has 0 amide bonds. The Kier molecular flexibility index (Phi) is 3.66. The molecule has 1 aromatic carbocycles. The summed E-state index contributed by atoms with van der Waals surface area (Å²) in [6.45, 7) is 5.10. The van der Waals surface area contributed by atoms with E-state index in [4.69, 9.17) is 4.74 Å². The Labute approximate surface area is 139 Å². The average molecular weight is 322 g/mol. The van der Waals surface area contributed by atoms with Crippen LogP contribution in [0.15, 0.2) is 54.4 Å². The number of aromatic amines is 1. The molecular formula is C18H18N4O2. The van der Waals surface area contributed by atoms with Crippen molar-refractivity contribution < 1.29 is 9.53 Å². The summed E-state index contributed by atoms with van der Waals surface area (Å²) in [5.41, 5.74) is 3.61. The van der Waals surface area contributed by atoms with E-state index in [9.17, 15) is 4.79 Å². The normalized spacial score (nSPS) is 19.3. The van der Waals surface area contributed by atoms with E-state index in [-0.39, 0.29) is 11.7 Å². The first-order valence-corrected chi connectivity index (χ1v) is 7.89. The molecule has 2 aliphatic heterocycles. The van der Waals surface area contributed by atoms with E-state index in [0.29, 0.717) is 19.7 Å². The molecule has 0 spiro atoms. The van der Waals surface area contributed by atoms with Crippen molar-refractivity contribution in [2.45, 2.75) is 5.92 Å². The number of aromatic nitrogens is 2. The van der Waals surface area contributed by atoms with E-state index in [1.54, 1.807) is 12.3 Å². The summed E-state index contributed by atoms with van der Waals surface area (Å²) in [5.74, 6) is 1.49. The van der Waals surface area contributed by atoms with Crippen LogP contribution in [-0.2, 0) is 4.79 Å². The second-order valence-electron chi connectivity index (χ2n) is 5.81. The Morgan fingerprint density at radius 2 is 2.17 bits per heavy atom. The summed E-state index contributed by atoms with van der Waals surface area (Å²) in [7, 11) is 0. The van der Waals surface area contributed by atoms with Gasteiger partial charge in [-0.1, -0.05) is 30.9 Å². The molecule has 1 atom stereocenters. The number of carbonyl (C=O) groups excluding carboxylic acids is 1. The highest BCUT2D eigenvalue weighted by molar-refractivity contribution is 6.02. The molecule has 0 radical (unpaired) electrons. The highest BCUT2D eigenvalue weighted by atomic mass is 16.5. The van der Waals surface area contributed by atoms with Gasteiger partial charge in [-0.05, 0) is 6.07 Å². The van der Waals surface area contributed by atoms with Crippen LogP contribution in [0, 0.1) is 0 Å². The molecule has 1 aromatic heterocycles. The van der Waals surface area contributed by atoms with E-state index < -0.39 is 0 Å². The van der Waals surface area contributed by atoms with Gasteiger partial charge in [-0.15, -0.1) is 0 Å². The largest absolute Gasteiger partial charge is 0.489 e. The molecule has 0 saturated carbocycles. The van der Waals surface area contributed by atoms with Gasteiger partial charge in [0.2, 0.25) is 0 Å². The summed E-state index contributed by atoms with van der Waals surface area (Å²) in [6.07, 6.45) is 3.49. The van der Waals surface area contributed by atoms with Crippen LogP contribution in [0.4, 0.5) is 5.82 Å². The van der Waals surface area contributed by atoms with Gasteiger partial charge >= 0.3 is 0 Å². The van der Waals surface area contributed by atoms with Gasteiger partial charge in [0.15, 0.2) is 5.78 Å². The van der Waals surface area contributed by atoms with Crippen molar-refractivity contribution in [3.63, 3.8) is 0 Å². The summed E-state index contributed by atoms with van der Waals surface area (Å²) in [4.78, 5) is 12.6. The van der Waals surface area contributed by atoms with E-state index in [1.807, 2.05) is 24.3 Å². The Hall–Kier alpha value is -2.86. The van der Waals surface area contributed by atoms with E-state index in [1.165, 1.54) is 0 Å². The molecule has 24 heavy (non-hydrogen) atoms. The fraction of sp³-hybridized carbons (Fsp3) is 0.222. The second-order valence-corrected chi connectivity index (χ2v) is 5.81. The third-order valence-corrected chi connectivity index (χ3v) is 4.34. The quantitative estimate of drug-likeness (QED) is 0.750. The van der Waals surface area contributed by atoms with Gasteiger partial charge in [0.1, 0.15) is 18.2 Å². The number of hydrogen-bond acceptors (Lipinski definition) is 5. The van der Waals surface area contributed by atoms with Crippen molar-refractivity contribution in [1.82, 2.24) is 15.5 Å². The smallest absolute Gasteiger partial charge is 0.175 e. The number of hydrogen-bond donors (Lipinski definition) is 3. The van der Waals surface area contributed by atoms with Gasteiger partial charge in [0, 0.05) is 34.9 Å². The molecule has 0 aliphatic carbocycles. The van der Waals surface area contributed by atoms with Gasteiger partial charge in [-0.25, -0.2) is 0 Å². The molecule has 6 heteroatoms. The Bertz CT molecular complexity index is 837. The number of para-hydroxylation sites is 1. The van der Waals surface area contributed by atoms with Crippen molar-refractivity contribution in [3.05, 3.63) is 65.5 Å². The van der Waals surface area contributed by atoms with Crippen molar-refractivity contribution in [1.29, 1.82) is 0 Å². The van der Waals surface area contributed by atoms with E-state index in [0.717, 1.165) is 34.0 Å². The number of H-pyrrole nitrogens is 1. The molecule has 0 saturated heterocycles. The number of rotatable bonds is 4. The molecule has 0 bridgehead atoms. The highest BCUT2D eigenvalue weighted by Gasteiger charge is 2.37. The predicted molar refractivity (Wildman–Crippen MR) is 91.1 cm³/mol. The molecule has 3 heterocycles. The number of benzene rings is 1. The van der Waals surface area contributed by atoms with Crippen LogP contribution in [0.2, 0.25) is 0 Å². The van der Waals surface area contributed by atoms with Crippen molar-refractivity contribution in [2.75, 3.05) is 25.0 Å². The molecule has 1 unspecified atom stereocenters. The van der Waals surface area contributed by atoms with Crippen LogP contribution < -0.4 is 15.4 Å². The second kappa shape index (κ2) is 5.98. The Morgan fingerprint density at radius 1 is 1.29 bits per heavy atom. The highest BCUT2D eigenvalue weighted by Crippen LogP contribution is 2.44. The Balaban J connectivity index is 1.88. The zero-order valence-electron chi connectivity index (χ0n) is 13.1. The number of fused-ring (bicyclic) bond motifs is 1. The van der Waals surface area contributed by atoms with Crippen molar-refractivity contribution in [3.8, 4) is 5.75 Å². The van der Waals surface area contributed by atoms with Crippen molar-refractivity contribution in [2.24, 2.45) is 0 Å². The number of ether oxygens (including phenoxy) is 1. The van der Waals surface area contributed by atoms with Gasteiger partial charge < -0.3 is 15.4 Å². The molecule has 2 aliphatic rings. The van der Waals surface area contributed by atoms with Crippen molar-refractivity contribution >= 4 is 11.6 Å². The average Bonchev–Trinajstić information content (AvgIpc) is 3.07. The summed E-state index contributed by atoms with van der Waals surface area (Å²) < 4.78 is 5.83. The zero-order chi connectivity index (χ0) is 16.5. The minimum Gasteiger partial charge on any atom is -0.489 e. The number of carbonyl (C=O) groups is 1. The number of anilines is 1. The maximum atomic E-state index is 12.6. The summed E-state index contributed by atoms with van der Waals surface area (Å²) >= 11 is 0. The van der Waals surface area contributed by atoms with Gasteiger partial charge in [-0.3, -0.25) is 9.89 Å². The van der Waals surface area contributed by atoms with Crippen LogP contribution in [0.1, 0.15) is 17.0 Å². The minimum absolute atomic E-state index is 0.0964. The first-order valence-electron chi connectivity index (χ1n) is 7.89. The van der Waals surface area contributed by atoms with Gasteiger partial charge in [0.25, 0.3) is 0 Å². The zero-order valence-corrected chi connectivity index (χ0v) is 13.1. The van der Waals surface area contributed by atoms with Crippen LogP contribution in [0.25, 0.3) is 0 Å². The molecular weight excluding hydrogens is 304 g/mol. The molecule has 6 nitrogen and oxygen atoms in total. The number of Topliss-reactive ketones (excluding diaryl/α,β-unsaturated/α-hetero) is 1. The van der Waals surface area contributed by atoms with Crippen LogP contribution >= 0.6 is 0 Å². The standard InChI is InChI=1S/C18H18N4O2/c1-2-7-24-15-6-4-3-5-11(15)16-12-8-20-22-18(12)21-13-9-19-10-14(23)17(13)16/h2-6,8,16,19H,1,7,9-10H2,(H2,20,21,22). The molecule has 4 rings (SSSR count). The SMILES string of the molecule is C=CCOc1ccccc1C1C2=C(CNCC2=O)Nc2[nH]ncc21. The Morgan fingerprint density at radius 3 is 3.04 bits per heavy atom. The minimum atomic E-state index is -0.189. The summed E-state index contributed by atoms with van der Waals surface area (Å²) in [6, 6.07) is 7.82.